The lowest BCUT2D eigenvalue weighted by molar-refractivity contribution is -0.130. The highest BCUT2D eigenvalue weighted by Crippen LogP contribution is 2.27. The molecular formula is C16H24N2O. The van der Waals surface area contributed by atoms with Gasteiger partial charge in [0, 0.05) is 6.04 Å². The molecule has 2 rings (SSSR count). The number of hydrogen-bond donors (Lipinski definition) is 1. The second kappa shape index (κ2) is 5.74. The summed E-state index contributed by atoms with van der Waals surface area (Å²) in [5.74, 6) is 0.807. The Bertz CT molecular complexity index is 456. The van der Waals surface area contributed by atoms with Gasteiger partial charge in [-0.1, -0.05) is 43.7 Å². The second-order valence-corrected chi connectivity index (χ2v) is 5.98. The van der Waals surface area contributed by atoms with Crippen LogP contribution in [0.5, 0.6) is 0 Å². The highest BCUT2D eigenvalue weighted by atomic mass is 16.2. The van der Waals surface area contributed by atoms with Gasteiger partial charge in [-0.05, 0) is 31.7 Å². The first kappa shape index (κ1) is 14.1. The maximum atomic E-state index is 12.1. The lowest BCUT2D eigenvalue weighted by Crippen LogP contribution is -2.38. The number of carbonyl (C=O) groups excluding carboxylic acids is 1. The molecule has 0 radical (unpaired) electrons. The van der Waals surface area contributed by atoms with Crippen molar-refractivity contribution in [3.63, 3.8) is 0 Å². The molecule has 1 fully saturated rings. The summed E-state index contributed by atoms with van der Waals surface area (Å²) in [4.78, 5) is 14.1. The molecule has 1 aliphatic heterocycles. The molecule has 3 heteroatoms. The maximum absolute atomic E-state index is 12.1. The van der Waals surface area contributed by atoms with Gasteiger partial charge in [-0.25, -0.2) is 0 Å². The van der Waals surface area contributed by atoms with Crippen molar-refractivity contribution in [1.82, 2.24) is 10.2 Å². The zero-order chi connectivity index (χ0) is 14.0. The topological polar surface area (TPSA) is 32.3 Å². The van der Waals surface area contributed by atoms with Gasteiger partial charge in [0.25, 0.3) is 0 Å². The Hall–Kier alpha value is -1.35. The van der Waals surface area contributed by atoms with Gasteiger partial charge in [0.1, 0.15) is 6.17 Å². The molecule has 104 valence electrons. The molecule has 1 heterocycles. The molecule has 2 unspecified atom stereocenters. The Morgan fingerprint density at radius 2 is 2.11 bits per heavy atom. The van der Waals surface area contributed by atoms with Crippen LogP contribution in [0.1, 0.15) is 44.5 Å². The van der Waals surface area contributed by atoms with E-state index in [1.54, 1.807) is 0 Å². The van der Waals surface area contributed by atoms with E-state index >= 15 is 0 Å². The third-order valence-corrected chi connectivity index (χ3v) is 3.66. The lowest BCUT2D eigenvalue weighted by atomic mass is 10.0. The third-order valence-electron chi connectivity index (χ3n) is 3.66. The Morgan fingerprint density at radius 1 is 1.37 bits per heavy atom. The molecule has 0 bridgehead atoms. The van der Waals surface area contributed by atoms with Crippen LogP contribution in [-0.2, 0) is 4.79 Å². The van der Waals surface area contributed by atoms with Crippen molar-refractivity contribution in [3.8, 4) is 0 Å². The molecule has 0 saturated carbocycles. The quantitative estimate of drug-likeness (QED) is 0.903. The second-order valence-electron chi connectivity index (χ2n) is 5.98. The van der Waals surface area contributed by atoms with Crippen LogP contribution in [0.3, 0.4) is 0 Å². The van der Waals surface area contributed by atoms with E-state index in [4.69, 9.17) is 0 Å². The van der Waals surface area contributed by atoms with E-state index < -0.39 is 0 Å². The summed E-state index contributed by atoms with van der Waals surface area (Å²) in [6.07, 6.45) is 1.07. The number of rotatable bonds is 4. The fourth-order valence-corrected chi connectivity index (χ4v) is 2.93. The van der Waals surface area contributed by atoms with Crippen LogP contribution in [0.15, 0.2) is 24.3 Å². The number of amides is 1. The van der Waals surface area contributed by atoms with Gasteiger partial charge in [-0.2, -0.15) is 0 Å². The molecule has 1 N–H and O–H groups in total. The zero-order valence-electron chi connectivity index (χ0n) is 12.3. The van der Waals surface area contributed by atoms with Crippen molar-refractivity contribution in [2.24, 2.45) is 5.92 Å². The fourth-order valence-electron chi connectivity index (χ4n) is 2.93. The molecule has 2 atom stereocenters. The molecule has 0 aliphatic carbocycles. The van der Waals surface area contributed by atoms with Crippen molar-refractivity contribution in [2.45, 2.75) is 46.3 Å². The van der Waals surface area contributed by atoms with Gasteiger partial charge in [-0.15, -0.1) is 0 Å². The minimum atomic E-state index is 0.0288. The van der Waals surface area contributed by atoms with Crippen LogP contribution < -0.4 is 5.32 Å². The molecule has 1 saturated heterocycles. The maximum Gasteiger partial charge on any atom is 0.238 e. The van der Waals surface area contributed by atoms with Crippen molar-refractivity contribution in [3.05, 3.63) is 35.4 Å². The zero-order valence-corrected chi connectivity index (χ0v) is 12.3. The molecular weight excluding hydrogens is 236 g/mol. The summed E-state index contributed by atoms with van der Waals surface area (Å²) in [6.45, 7) is 9.08. The molecule has 1 aromatic rings. The summed E-state index contributed by atoms with van der Waals surface area (Å²) in [7, 11) is 0. The van der Waals surface area contributed by atoms with Gasteiger partial charge in [0.15, 0.2) is 0 Å². The number of nitrogens with one attached hydrogen (secondary N) is 1. The van der Waals surface area contributed by atoms with E-state index in [0.717, 1.165) is 6.42 Å². The largest absolute Gasteiger partial charge is 0.319 e. The molecule has 1 amide bonds. The number of carbonyl (C=O) groups is 1. The summed E-state index contributed by atoms with van der Waals surface area (Å²) in [6, 6.07) is 8.67. The van der Waals surface area contributed by atoms with Gasteiger partial charge in [0.05, 0.1) is 6.54 Å². The van der Waals surface area contributed by atoms with Crippen molar-refractivity contribution >= 4 is 5.91 Å². The smallest absolute Gasteiger partial charge is 0.238 e. The Morgan fingerprint density at radius 3 is 2.74 bits per heavy atom. The van der Waals surface area contributed by atoms with Crippen LogP contribution in [-0.4, -0.2) is 23.4 Å². The predicted molar refractivity (Wildman–Crippen MR) is 77.7 cm³/mol. The first-order chi connectivity index (χ1) is 8.99. The van der Waals surface area contributed by atoms with Gasteiger partial charge >= 0.3 is 0 Å². The van der Waals surface area contributed by atoms with Gasteiger partial charge in [-0.3, -0.25) is 10.1 Å². The van der Waals surface area contributed by atoms with Crippen LogP contribution in [0.2, 0.25) is 0 Å². The highest BCUT2D eigenvalue weighted by molar-refractivity contribution is 5.81. The monoisotopic (exact) mass is 260 g/mol. The SMILES string of the molecule is Cc1cccc(C2NCC(=O)N2C(C)CC(C)C)c1. The van der Waals surface area contributed by atoms with Crippen molar-refractivity contribution < 1.29 is 4.79 Å². The van der Waals surface area contributed by atoms with E-state index in [2.05, 4.69) is 57.3 Å². The Balaban J connectivity index is 2.22. The number of benzene rings is 1. The molecule has 0 aromatic heterocycles. The molecule has 3 nitrogen and oxygen atoms in total. The van der Waals surface area contributed by atoms with E-state index in [-0.39, 0.29) is 18.1 Å². The molecule has 1 aliphatic rings. The van der Waals surface area contributed by atoms with Crippen LogP contribution in [0.25, 0.3) is 0 Å². The Labute approximate surface area is 116 Å². The van der Waals surface area contributed by atoms with Crippen LogP contribution >= 0.6 is 0 Å². The molecule has 1 aromatic carbocycles. The Kier molecular flexibility index (Phi) is 4.25. The first-order valence-electron chi connectivity index (χ1n) is 7.10. The minimum Gasteiger partial charge on any atom is -0.319 e. The molecule has 0 spiro atoms. The summed E-state index contributed by atoms with van der Waals surface area (Å²) < 4.78 is 0. The van der Waals surface area contributed by atoms with E-state index in [0.29, 0.717) is 12.5 Å². The number of hydrogen-bond acceptors (Lipinski definition) is 2. The van der Waals surface area contributed by atoms with Gasteiger partial charge < -0.3 is 4.90 Å². The first-order valence-corrected chi connectivity index (χ1v) is 7.10. The normalized spacial score (nSPS) is 21.2. The number of nitrogens with zero attached hydrogens (tertiary/aromatic N) is 1. The predicted octanol–water partition coefficient (Wildman–Crippen LogP) is 2.86. The summed E-state index contributed by atoms with van der Waals surface area (Å²) >= 11 is 0. The van der Waals surface area contributed by atoms with Crippen molar-refractivity contribution in [2.75, 3.05) is 6.54 Å². The number of aryl methyl sites for hydroxylation is 1. The summed E-state index contributed by atoms with van der Waals surface area (Å²) in [5.41, 5.74) is 2.41. The fraction of sp³-hybridized carbons (Fsp3) is 0.562. The lowest BCUT2D eigenvalue weighted by Gasteiger charge is -2.32. The standard InChI is InChI=1S/C16H24N2O/c1-11(2)8-13(4)18-15(19)10-17-16(18)14-7-5-6-12(3)9-14/h5-7,9,11,13,16-17H,8,10H2,1-4H3. The third kappa shape index (κ3) is 3.16. The minimum absolute atomic E-state index is 0.0288. The van der Waals surface area contributed by atoms with Crippen molar-refractivity contribution in [1.29, 1.82) is 0 Å². The van der Waals surface area contributed by atoms with Crippen LogP contribution in [0, 0.1) is 12.8 Å². The van der Waals surface area contributed by atoms with Gasteiger partial charge in [0.2, 0.25) is 5.91 Å². The highest BCUT2D eigenvalue weighted by Gasteiger charge is 2.34. The average Bonchev–Trinajstić information content (AvgIpc) is 2.70. The van der Waals surface area contributed by atoms with E-state index in [1.165, 1.54) is 11.1 Å². The average molecular weight is 260 g/mol. The van der Waals surface area contributed by atoms with E-state index in [1.807, 2.05) is 4.90 Å². The summed E-state index contributed by atoms with van der Waals surface area (Å²) in [5, 5.41) is 3.33. The van der Waals surface area contributed by atoms with Crippen LogP contribution in [0.4, 0.5) is 0 Å². The van der Waals surface area contributed by atoms with E-state index in [9.17, 15) is 4.79 Å². The molecule has 19 heavy (non-hydrogen) atoms.